The summed E-state index contributed by atoms with van der Waals surface area (Å²) in [5, 5.41) is 17.5. The molecule has 2 aliphatic rings. The second kappa shape index (κ2) is 3.81. The third-order valence-corrected chi connectivity index (χ3v) is 3.75. The van der Waals surface area contributed by atoms with E-state index in [4.69, 9.17) is 5.53 Å². The van der Waals surface area contributed by atoms with E-state index in [0.717, 1.165) is 27.1 Å². The van der Waals surface area contributed by atoms with E-state index in [2.05, 4.69) is 10.1 Å². The average molecular weight is 261 g/mol. The molecule has 0 fully saturated rings. The van der Waals surface area contributed by atoms with Crippen molar-refractivity contribution in [2.45, 2.75) is 0 Å². The predicted molar refractivity (Wildman–Crippen MR) is 78.9 cm³/mol. The Morgan fingerprint density at radius 2 is 1.40 bits per heavy atom. The van der Waals surface area contributed by atoms with Gasteiger partial charge in [0.1, 0.15) is 5.69 Å². The molecule has 4 rings (SSSR count). The first-order valence-electron chi connectivity index (χ1n) is 6.33. The van der Waals surface area contributed by atoms with Crippen molar-refractivity contribution in [1.29, 1.82) is 5.53 Å². The minimum absolute atomic E-state index is 0.105. The van der Waals surface area contributed by atoms with Crippen LogP contribution in [0.5, 0.6) is 5.88 Å². The van der Waals surface area contributed by atoms with Crippen LogP contribution in [0.25, 0.3) is 32.8 Å². The number of aromatic amines is 1. The zero-order valence-corrected chi connectivity index (χ0v) is 10.5. The van der Waals surface area contributed by atoms with Gasteiger partial charge >= 0.3 is 0 Å². The summed E-state index contributed by atoms with van der Waals surface area (Å²) in [5.41, 5.74) is 9.70. The Morgan fingerprint density at radius 3 is 2.05 bits per heavy atom. The summed E-state index contributed by atoms with van der Waals surface area (Å²) in [4.78, 5) is 2.98. The Kier molecular flexibility index (Phi) is 2.09. The highest BCUT2D eigenvalue weighted by atomic mass is 16.3. The van der Waals surface area contributed by atoms with Crippen molar-refractivity contribution in [3.8, 4) is 17.1 Å². The lowest BCUT2D eigenvalue weighted by atomic mass is 10.0. The van der Waals surface area contributed by atoms with E-state index >= 15 is 0 Å². The van der Waals surface area contributed by atoms with Crippen molar-refractivity contribution >= 4 is 27.2 Å². The fourth-order valence-electron chi connectivity index (χ4n) is 2.91. The highest BCUT2D eigenvalue weighted by molar-refractivity contribution is 6.19. The molecule has 0 radical (unpaired) electrons. The predicted octanol–water partition coefficient (Wildman–Crippen LogP) is 4.79. The maximum atomic E-state index is 10.2. The lowest BCUT2D eigenvalue weighted by Crippen LogP contribution is -1.86. The fourth-order valence-corrected chi connectivity index (χ4v) is 2.91. The molecule has 0 saturated heterocycles. The molecule has 1 aliphatic heterocycles. The Bertz CT molecular complexity index is 939. The summed E-state index contributed by atoms with van der Waals surface area (Å²) >= 11 is 0. The number of aromatic hydroxyl groups is 1. The number of rotatable bonds is 1. The van der Waals surface area contributed by atoms with Crippen molar-refractivity contribution in [1.82, 2.24) is 4.98 Å². The summed E-state index contributed by atoms with van der Waals surface area (Å²) in [6.45, 7) is 0. The minimum Gasteiger partial charge on any atom is -0.494 e. The number of hydrogen-bond donors (Lipinski definition) is 3. The van der Waals surface area contributed by atoms with Crippen LogP contribution in [-0.2, 0) is 0 Å². The normalized spacial score (nSPS) is 11.4. The third kappa shape index (κ3) is 1.25. The van der Waals surface area contributed by atoms with E-state index < -0.39 is 0 Å². The van der Waals surface area contributed by atoms with Crippen LogP contribution in [0.15, 0.2) is 53.6 Å². The fraction of sp³-hybridized carbons (Fsp3) is 0. The second-order valence-corrected chi connectivity index (χ2v) is 4.78. The van der Waals surface area contributed by atoms with Gasteiger partial charge in [0.15, 0.2) is 5.88 Å². The molecule has 0 aromatic heterocycles. The van der Waals surface area contributed by atoms with Crippen molar-refractivity contribution in [3.63, 3.8) is 0 Å². The molecule has 0 spiro atoms. The van der Waals surface area contributed by atoms with E-state index in [1.54, 1.807) is 0 Å². The smallest absolute Gasteiger partial charge is 0.196 e. The molecule has 0 amide bonds. The molecule has 2 aromatic rings. The Hall–Kier alpha value is -2.88. The lowest BCUT2D eigenvalue weighted by molar-refractivity contribution is 0.461. The van der Waals surface area contributed by atoms with E-state index in [1.807, 2.05) is 48.5 Å². The van der Waals surface area contributed by atoms with Crippen molar-refractivity contribution in [3.05, 3.63) is 48.5 Å². The maximum absolute atomic E-state index is 10.2. The van der Waals surface area contributed by atoms with Crippen LogP contribution in [-0.4, -0.2) is 10.1 Å². The van der Waals surface area contributed by atoms with Crippen LogP contribution in [0.4, 0.5) is 5.69 Å². The largest absolute Gasteiger partial charge is 0.494 e. The zero-order chi connectivity index (χ0) is 13.7. The van der Waals surface area contributed by atoms with Gasteiger partial charge in [-0.2, -0.15) is 5.11 Å². The second-order valence-electron chi connectivity index (χ2n) is 4.78. The monoisotopic (exact) mass is 261 g/mol. The number of nitrogens with one attached hydrogen (secondary N) is 2. The highest BCUT2D eigenvalue weighted by Gasteiger charge is 2.21. The molecule has 0 atom stereocenters. The van der Waals surface area contributed by atoms with Gasteiger partial charge in [0.05, 0.1) is 5.69 Å². The van der Waals surface area contributed by atoms with Crippen LogP contribution < -0.4 is 0 Å². The molecule has 3 N–H and O–H groups in total. The van der Waals surface area contributed by atoms with E-state index in [1.165, 1.54) is 0 Å². The molecule has 4 heteroatoms. The topological polar surface area (TPSA) is 72.2 Å². The Labute approximate surface area is 114 Å². The van der Waals surface area contributed by atoms with Gasteiger partial charge in [0.25, 0.3) is 0 Å². The zero-order valence-electron chi connectivity index (χ0n) is 10.5. The van der Waals surface area contributed by atoms with Gasteiger partial charge in [-0.05, 0) is 16.8 Å². The average Bonchev–Trinajstić information content (AvgIpc) is 2.81. The van der Waals surface area contributed by atoms with E-state index in [-0.39, 0.29) is 5.88 Å². The third-order valence-electron chi connectivity index (χ3n) is 3.75. The van der Waals surface area contributed by atoms with Crippen molar-refractivity contribution in [2.24, 2.45) is 5.11 Å². The molecule has 20 heavy (non-hydrogen) atoms. The standard InChI is InChI=1S/C16H11N3O/c17-19-14-11-7-3-1-5-9(11)13-10-6-2-4-8-12(10)16(20)18-15(13)14/h1-8,17-18,20H. The molecule has 0 bridgehead atoms. The maximum Gasteiger partial charge on any atom is 0.196 e. The summed E-state index contributed by atoms with van der Waals surface area (Å²) in [6.07, 6.45) is 0. The van der Waals surface area contributed by atoms with Crippen LogP contribution in [0.3, 0.4) is 0 Å². The number of aromatic nitrogens is 1. The number of pyridine rings is 1. The minimum atomic E-state index is 0.105. The summed E-state index contributed by atoms with van der Waals surface area (Å²) in [5.74, 6) is 0.105. The number of nitrogens with zero attached hydrogens (tertiary/aromatic N) is 1. The number of H-pyrrole nitrogens is 1. The molecule has 2 aromatic carbocycles. The molecule has 0 saturated carbocycles. The summed E-state index contributed by atoms with van der Waals surface area (Å²) in [7, 11) is 0. The van der Waals surface area contributed by atoms with E-state index in [9.17, 15) is 5.11 Å². The SMILES string of the molecule is N=Nc1c2[nH]c(O)c3ccccc3c-2c2ccccc12. The highest BCUT2D eigenvalue weighted by Crippen LogP contribution is 2.48. The first-order valence-corrected chi connectivity index (χ1v) is 6.33. The summed E-state index contributed by atoms with van der Waals surface area (Å²) < 4.78 is 0. The van der Waals surface area contributed by atoms with E-state index in [0.29, 0.717) is 11.4 Å². The number of hydrogen-bond acceptors (Lipinski definition) is 3. The van der Waals surface area contributed by atoms with Crippen LogP contribution in [0, 0.1) is 5.53 Å². The van der Waals surface area contributed by atoms with Gasteiger partial charge in [-0.25, -0.2) is 5.53 Å². The van der Waals surface area contributed by atoms with Crippen molar-refractivity contribution in [2.75, 3.05) is 0 Å². The number of fused-ring (bicyclic) bond motifs is 5. The first kappa shape index (κ1) is 11.0. The van der Waals surface area contributed by atoms with Crippen LogP contribution >= 0.6 is 0 Å². The summed E-state index contributed by atoms with van der Waals surface area (Å²) in [6, 6.07) is 15.6. The van der Waals surface area contributed by atoms with Gasteiger partial charge in [-0.3, -0.25) is 0 Å². The molecule has 96 valence electrons. The lowest BCUT2D eigenvalue weighted by Gasteiger charge is -2.09. The van der Waals surface area contributed by atoms with Crippen LogP contribution in [0.1, 0.15) is 0 Å². The van der Waals surface area contributed by atoms with Gasteiger partial charge in [0.2, 0.25) is 0 Å². The first-order chi connectivity index (χ1) is 9.81. The van der Waals surface area contributed by atoms with Gasteiger partial charge in [-0.15, -0.1) is 0 Å². The van der Waals surface area contributed by atoms with Gasteiger partial charge in [-0.1, -0.05) is 42.5 Å². The van der Waals surface area contributed by atoms with Gasteiger partial charge in [0, 0.05) is 16.3 Å². The number of benzene rings is 2. The van der Waals surface area contributed by atoms with Gasteiger partial charge < -0.3 is 10.1 Å². The van der Waals surface area contributed by atoms with Crippen molar-refractivity contribution < 1.29 is 5.11 Å². The molecule has 0 unspecified atom stereocenters. The molecule has 1 aliphatic carbocycles. The Morgan fingerprint density at radius 1 is 0.850 bits per heavy atom. The molecular weight excluding hydrogens is 250 g/mol. The Balaban J connectivity index is 2.37. The quantitative estimate of drug-likeness (QED) is 0.423. The molecular formula is C16H11N3O. The molecule has 1 heterocycles. The van der Waals surface area contributed by atoms with Crippen LogP contribution in [0.2, 0.25) is 0 Å². The molecule has 4 nitrogen and oxygen atoms in total.